The van der Waals surface area contributed by atoms with E-state index < -0.39 is 28.7 Å². The second-order valence-electron chi connectivity index (χ2n) is 7.25. The predicted molar refractivity (Wildman–Crippen MR) is 84.7 cm³/mol. The molecule has 4 rings (SSSR count). The number of benzene rings is 1. The molecule has 24 heavy (non-hydrogen) atoms. The van der Waals surface area contributed by atoms with Gasteiger partial charge in [-0.05, 0) is 32.9 Å². The van der Waals surface area contributed by atoms with Crippen LogP contribution in [0.1, 0.15) is 41.5 Å². The molecule has 0 amide bonds. The van der Waals surface area contributed by atoms with Gasteiger partial charge in [-0.3, -0.25) is 14.4 Å². The van der Waals surface area contributed by atoms with Gasteiger partial charge in [0.05, 0.1) is 11.0 Å². The van der Waals surface area contributed by atoms with Crippen molar-refractivity contribution >= 4 is 17.5 Å². The molecule has 5 heteroatoms. The Labute approximate surface area is 138 Å². The Bertz CT molecular complexity index is 902. The summed E-state index contributed by atoms with van der Waals surface area (Å²) < 4.78 is 5.53. The molecule has 122 valence electrons. The van der Waals surface area contributed by atoms with Crippen LogP contribution in [0.5, 0.6) is 5.75 Å². The fourth-order valence-corrected chi connectivity index (χ4v) is 4.20. The quantitative estimate of drug-likeness (QED) is 0.742. The summed E-state index contributed by atoms with van der Waals surface area (Å²) in [5, 5.41) is 10.1. The molecule has 1 saturated heterocycles. The number of ketones is 2. The van der Waals surface area contributed by atoms with Crippen LogP contribution in [0.2, 0.25) is 0 Å². The van der Waals surface area contributed by atoms with Gasteiger partial charge in [0.15, 0.2) is 11.6 Å². The zero-order chi connectivity index (χ0) is 17.4. The minimum atomic E-state index is -0.975. The van der Waals surface area contributed by atoms with Gasteiger partial charge in [0.25, 0.3) is 0 Å². The van der Waals surface area contributed by atoms with Crippen molar-refractivity contribution in [1.82, 2.24) is 0 Å². The first kappa shape index (κ1) is 14.9. The third-order valence-electron chi connectivity index (χ3n) is 5.30. The van der Waals surface area contributed by atoms with Crippen LogP contribution in [-0.2, 0) is 9.53 Å². The van der Waals surface area contributed by atoms with Crippen LogP contribution in [0.4, 0.5) is 0 Å². The Morgan fingerprint density at radius 3 is 2.50 bits per heavy atom. The van der Waals surface area contributed by atoms with E-state index >= 15 is 0 Å². The number of hydrogen-bond acceptors (Lipinski definition) is 5. The van der Waals surface area contributed by atoms with E-state index in [1.54, 1.807) is 32.9 Å². The number of allylic oxidation sites excluding steroid dienone is 2. The minimum Gasteiger partial charge on any atom is -0.507 e. The molecule has 3 aliphatic rings. The third-order valence-corrected chi connectivity index (χ3v) is 5.30. The zero-order valence-corrected chi connectivity index (χ0v) is 13.5. The fourth-order valence-electron chi connectivity index (χ4n) is 4.20. The first-order valence-corrected chi connectivity index (χ1v) is 7.76. The van der Waals surface area contributed by atoms with Gasteiger partial charge in [0.2, 0.25) is 0 Å². The van der Waals surface area contributed by atoms with E-state index in [1.807, 2.05) is 0 Å². The topological polar surface area (TPSA) is 80.7 Å². The van der Waals surface area contributed by atoms with Crippen LogP contribution in [0, 0.1) is 11.3 Å². The Kier molecular flexibility index (Phi) is 2.62. The van der Waals surface area contributed by atoms with E-state index in [-0.39, 0.29) is 33.8 Å². The van der Waals surface area contributed by atoms with E-state index in [0.29, 0.717) is 0 Å². The van der Waals surface area contributed by atoms with E-state index in [4.69, 9.17) is 4.74 Å². The molecule has 1 aromatic carbocycles. The molecular weight excluding hydrogens is 308 g/mol. The highest BCUT2D eigenvalue weighted by atomic mass is 16.6. The monoisotopic (exact) mass is 324 g/mol. The van der Waals surface area contributed by atoms with Crippen molar-refractivity contribution < 1.29 is 24.2 Å². The molecule has 1 heterocycles. The highest BCUT2D eigenvalue weighted by Crippen LogP contribution is 2.55. The number of carbonyl (C=O) groups excluding carboxylic acids is 3. The normalized spacial score (nSPS) is 30.0. The molecule has 1 aromatic rings. The Morgan fingerprint density at radius 2 is 1.79 bits per heavy atom. The number of carbonyl (C=O) groups is 3. The molecule has 0 radical (unpaired) electrons. The van der Waals surface area contributed by atoms with E-state index in [2.05, 4.69) is 0 Å². The maximum atomic E-state index is 13.1. The van der Waals surface area contributed by atoms with Crippen LogP contribution < -0.4 is 0 Å². The number of ether oxygens (including phenoxy) is 1. The lowest BCUT2D eigenvalue weighted by molar-refractivity contribution is -0.149. The van der Waals surface area contributed by atoms with Crippen LogP contribution in [0.3, 0.4) is 0 Å². The number of phenols is 1. The number of phenolic OH excluding ortho intramolecular Hbond substituents is 1. The summed E-state index contributed by atoms with van der Waals surface area (Å²) in [6.45, 7) is 5.17. The number of esters is 1. The maximum Gasteiger partial charge on any atom is 0.313 e. The standard InChI is InChI=1S/C19H16O5/c1-18(2)16-13-10(7-8-19(16,3)24-17(18)23)14(21)9-5-4-6-11(20)12(9)15(13)22/h4-8,16,20H,1-3H3/t16-,19-/m1/s1. The molecule has 0 spiro atoms. The SMILES string of the molecule is CC1(C)C(=O)O[C@]2(C)C=CC3=C(C(=O)c4c(O)cccc4C3=O)[C@H]12. The largest absolute Gasteiger partial charge is 0.507 e. The molecule has 0 unspecified atom stereocenters. The Hall–Kier alpha value is -2.69. The highest BCUT2D eigenvalue weighted by Gasteiger charge is 2.62. The van der Waals surface area contributed by atoms with Crippen molar-refractivity contribution in [2.45, 2.75) is 26.4 Å². The predicted octanol–water partition coefficient (Wildman–Crippen LogP) is 2.60. The lowest BCUT2D eigenvalue weighted by atomic mass is 9.62. The number of fused-ring (bicyclic) bond motifs is 3. The van der Waals surface area contributed by atoms with Crippen molar-refractivity contribution in [3.8, 4) is 5.75 Å². The molecule has 1 aliphatic heterocycles. The van der Waals surface area contributed by atoms with E-state index in [0.717, 1.165) is 0 Å². The van der Waals surface area contributed by atoms with Crippen molar-refractivity contribution in [1.29, 1.82) is 0 Å². The van der Waals surface area contributed by atoms with Crippen LogP contribution in [-0.4, -0.2) is 28.2 Å². The molecule has 1 N–H and O–H groups in total. The van der Waals surface area contributed by atoms with Crippen molar-refractivity contribution in [3.63, 3.8) is 0 Å². The highest BCUT2D eigenvalue weighted by molar-refractivity contribution is 6.29. The average Bonchev–Trinajstić information content (AvgIpc) is 2.69. The fraction of sp³-hybridized carbons (Fsp3) is 0.316. The lowest BCUT2D eigenvalue weighted by Crippen LogP contribution is -2.43. The van der Waals surface area contributed by atoms with Gasteiger partial charge in [-0.2, -0.15) is 0 Å². The molecule has 0 saturated carbocycles. The van der Waals surface area contributed by atoms with Gasteiger partial charge in [0, 0.05) is 22.6 Å². The van der Waals surface area contributed by atoms with Crippen LogP contribution >= 0.6 is 0 Å². The van der Waals surface area contributed by atoms with Gasteiger partial charge in [-0.15, -0.1) is 0 Å². The number of aromatic hydroxyl groups is 1. The maximum absolute atomic E-state index is 13.1. The van der Waals surface area contributed by atoms with Gasteiger partial charge in [-0.25, -0.2) is 0 Å². The molecular formula is C19H16O5. The van der Waals surface area contributed by atoms with Gasteiger partial charge >= 0.3 is 5.97 Å². The van der Waals surface area contributed by atoms with Gasteiger partial charge in [-0.1, -0.05) is 18.2 Å². The molecule has 1 fully saturated rings. The second-order valence-corrected chi connectivity index (χ2v) is 7.25. The van der Waals surface area contributed by atoms with Crippen LogP contribution in [0.25, 0.3) is 0 Å². The summed E-state index contributed by atoms with van der Waals surface area (Å²) in [6, 6.07) is 4.45. The summed E-state index contributed by atoms with van der Waals surface area (Å²) in [6.07, 6.45) is 3.25. The van der Waals surface area contributed by atoms with Crippen molar-refractivity contribution in [2.24, 2.45) is 11.3 Å². The first-order chi connectivity index (χ1) is 11.2. The molecule has 0 aromatic heterocycles. The summed E-state index contributed by atoms with van der Waals surface area (Å²) in [5.41, 5.74) is -1.18. The van der Waals surface area contributed by atoms with Crippen LogP contribution in [0.15, 0.2) is 41.5 Å². The number of Topliss-reactive ketones (excluding diaryl/α,β-unsaturated/α-hetero) is 2. The first-order valence-electron chi connectivity index (χ1n) is 7.76. The average molecular weight is 324 g/mol. The summed E-state index contributed by atoms with van der Waals surface area (Å²) in [4.78, 5) is 38.3. The van der Waals surface area contributed by atoms with Gasteiger partial charge < -0.3 is 9.84 Å². The molecule has 2 aliphatic carbocycles. The lowest BCUT2D eigenvalue weighted by Gasteiger charge is -2.38. The Morgan fingerprint density at radius 1 is 1.08 bits per heavy atom. The molecule has 5 nitrogen and oxygen atoms in total. The summed E-state index contributed by atoms with van der Waals surface area (Å²) in [5.74, 6) is -1.94. The van der Waals surface area contributed by atoms with Crippen molar-refractivity contribution in [3.05, 3.63) is 52.6 Å². The third kappa shape index (κ3) is 1.57. The zero-order valence-electron chi connectivity index (χ0n) is 13.5. The van der Waals surface area contributed by atoms with Crippen molar-refractivity contribution in [2.75, 3.05) is 0 Å². The number of rotatable bonds is 0. The Balaban J connectivity index is 2.01. The van der Waals surface area contributed by atoms with Gasteiger partial charge in [0.1, 0.15) is 11.4 Å². The molecule has 2 atom stereocenters. The molecule has 0 bridgehead atoms. The second kappa shape index (κ2) is 4.23. The summed E-state index contributed by atoms with van der Waals surface area (Å²) in [7, 11) is 0. The van der Waals surface area contributed by atoms with E-state index in [9.17, 15) is 19.5 Å². The minimum absolute atomic E-state index is 0.00838. The summed E-state index contributed by atoms with van der Waals surface area (Å²) >= 11 is 0. The number of hydrogen-bond donors (Lipinski definition) is 1. The van der Waals surface area contributed by atoms with E-state index in [1.165, 1.54) is 18.2 Å². The smallest absolute Gasteiger partial charge is 0.313 e.